The lowest BCUT2D eigenvalue weighted by molar-refractivity contribution is -0.109. The van der Waals surface area contributed by atoms with E-state index in [4.69, 9.17) is 0 Å². The largest absolute Gasteiger partial charge is 0.303 e. The first kappa shape index (κ1) is 11.1. The molecular formula is C11H11BrO2. The Kier molecular flexibility index (Phi) is 4.53. The van der Waals surface area contributed by atoms with Gasteiger partial charge in [0.15, 0.2) is 0 Å². The molecule has 0 aliphatic rings. The minimum atomic E-state index is 0.0162. The number of halogens is 1. The van der Waals surface area contributed by atoms with Crippen molar-refractivity contribution in [3.8, 4) is 0 Å². The van der Waals surface area contributed by atoms with Crippen LogP contribution in [0.3, 0.4) is 0 Å². The van der Waals surface area contributed by atoms with Crippen LogP contribution < -0.4 is 0 Å². The molecule has 0 spiro atoms. The van der Waals surface area contributed by atoms with Gasteiger partial charge in [-0.2, -0.15) is 0 Å². The van der Waals surface area contributed by atoms with E-state index in [9.17, 15) is 9.59 Å². The van der Waals surface area contributed by atoms with Crippen LogP contribution in [0.2, 0.25) is 0 Å². The third kappa shape index (κ3) is 3.07. The molecule has 1 aromatic carbocycles. The van der Waals surface area contributed by atoms with E-state index in [-0.39, 0.29) is 5.92 Å². The minimum absolute atomic E-state index is 0.0162. The normalized spacial score (nSPS) is 10.1. The Morgan fingerprint density at radius 2 is 1.86 bits per heavy atom. The van der Waals surface area contributed by atoms with Gasteiger partial charge in [-0.3, -0.25) is 0 Å². The summed E-state index contributed by atoms with van der Waals surface area (Å²) in [5.74, 6) is 0.0162. The Labute approximate surface area is 91.4 Å². The van der Waals surface area contributed by atoms with Crippen LogP contribution in [0.1, 0.15) is 24.3 Å². The predicted molar refractivity (Wildman–Crippen MR) is 58.2 cm³/mol. The molecular weight excluding hydrogens is 244 g/mol. The zero-order valence-electron chi connectivity index (χ0n) is 7.65. The summed E-state index contributed by atoms with van der Waals surface area (Å²) in [4.78, 5) is 20.8. The van der Waals surface area contributed by atoms with Crippen molar-refractivity contribution < 1.29 is 9.59 Å². The van der Waals surface area contributed by atoms with Crippen molar-refractivity contribution in [2.24, 2.45) is 0 Å². The molecule has 0 radical (unpaired) electrons. The second-order valence-electron chi connectivity index (χ2n) is 3.06. The highest BCUT2D eigenvalue weighted by Gasteiger charge is 2.10. The minimum Gasteiger partial charge on any atom is -0.303 e. The van der Waals surface area contributed by atoms with Gasteiger partial charge in [-0.25, -0.2) is 0 Å². The Balaban J connectivity index is 2.85. The van der Waals surface area contributed by atoms with E-state index >= 15 is 0 Å². The number of carbonyl (C=O) groups is 2. The molecule has 0 heterocycles. The van der Waals surface area contributed by atoms with Gasteiger partial charge in [0, 0.05) is 17.3 Å². The maximum absolute atomic E-state index is 10.4. The summed E-state index contributed by atoms with van der Waals surface area (Å²) in [6, 6.07) is 7.70. The van der Waals surface area contributed by atoms with Crippen LogP contribution in [0.25, 0.3) is 0 Å². The van der Waals surface area contributed by atoms with Gasteiger partial charge in [-0.1, -0.05) is 28.1 Å². The number of hydrogen-bond acceptors (Lipinski definition) is 2. The van der Waals surface area contributed by atoms with Gasteiger partial charge in [0.1, 0.15) is 12.6 Å². The zero-order valence-corrected chi connectivity index (χ0v) is 9.24. The van der Waals surface area contributed by atoms with Gasteiger partial charge in [0.2, 0.25) is 0 Å². The summed E-state index contributed by atoms with van der Waals surface area (Å²) in [7, 11) is 0. The quantitative estimate of drug-likeness (QED) is 0.758. The number of hydrogen-bond donors (Lipinski definition) is 0. The molecule has 0 bridgehead atoms. The Bertz CT molecular complexity index is 313. The fourth-order valence-electron chi connectivity index (χ4n) is 1.36. The van der Waals surface area contributed by atoms with Crippen LogP contribution in [-0.2, 0) is 9.59 Å². The van der Waals surface area contributed by atoms with Gasteiger partial charge < -0.3 is 9.59 Å². The predicted octanol–water partition coefficient (Wildman–Crippen LogP) is 2.71. The maximum Gasteiger partial charge on any atom is 0.120 e. The standard InChI is InChI=1S/C11H11BrO2/c12-11-3-1-2-10(8-11)9(4-6-13)5-7-14/h1-3,6-9H,4-5H2. The Morgan fingerprint density at radius 1 is 1.21 bits per heavy atom. The lowest BCUT2D eigenvalue weighted by Gasteiger charge is -2.11. The van der Waals surface area contributed by atoms with E-state index in [1.54, 1.807) is 0 Å². The molecule has 2 nitrogen and oxygen atoms in total. The van der Waals surface area contributed by atoms with Gasteiger partial charge in [-0.15, -0.1) is 0 Å². The van der Waals surface area contributed by atoms with Gasteiger partial charge in [0.25, 0.3) is 0 Å². The Morgan fingerprint density at radius 3 is 2.36 bits per heavy atom. The molecule has 0 aliphatic heterocycles. The molecule has 0 amide bonds. The van der Waals surface area contributed by atoms with Crippen molar-refractivity contribution in [2.75, 3.05) is 0 Å². The van der Waals surface area contributed by atoms with Crippen LogP contribution >= 0.6 is 15.9 Å². The van der Waals surface area contributed by atoms with Crippen molar-refractivity contribution in [3.05, 3.63) is 34.3 Å². The SMILES string of the molecule is O=CCC(CC=O)c1cccc(Br)c1. The smallest absolute Gasteiger partial charge is 0.120 e. The first-order valence-corrected chi connectivity index (χ1v) is 5.20. The van der Waals surface area contributed by atoms with E-state index in [2.05, 4.69) is 15.9 Å². The summed E-state index contributed by atoms with van der Waals surface area (Å²) in [5, 5.41) is 0. The number of benzene rings is 1. The number of aldehydes is 2. The number of carbonyl (C=O) groups excluding carboxylic acids is 2. The fraction of sp³-hybridized carbons (Fsp3) is 0.273. The molecule has 0 aromatic heterocycles. The Hall–Kier alpha value is -0.960. The van der Waals surface area contributed by atoms with Crippen LogP contribution in [-0.4, -0.2) is 12.6 Å². The summed E-state index contributed by atoms with van der Waals surface area (Å²) >= 11 is 3.36. The fourth-order valence-corrected chi connectivity index (χ4v) is 1.78. The van der Waals surface area contributed by atoms with E-state index in [1.165, 1.54) is 0 Å². The van der Waals surface area contributed by atoms with Crippen LogP contribution in [0.5, 0.6) is 0 Å². The van der Waals surface area contributed by atoms with E-state index in [0.717, 1.165) is 22.6 Å². The lowest BCUT2D eigenvalue weighted by Crippen LogP contribution is -2.00. The van der Waals surface area contributed by atoms with E-state index < -0.39 is 0 Å². The van der Waals surface area contributed by atoms with Crippen molar-refractivity contribution in [3.63, 3.8) is 0 Å². The van der Waals surface area contributed by atoms with Crippen LogP contribution in [0.4, 0.5) is 0 Å². The molecule has 1 aromatic rings. The van der Waals surface area contributed by atoms with Crippen LogP contribution in [0.15, 0.2) is 28.7 Å². The van der Waals surface area contributed by atoms with Crippen LogP contribution in [0, 0.1) is 0 Å². The van der Waals surface area contributed by atoms with Crippen molar-refractivity contribution >= 4 is 28.5 Å². The molecule has 1 rings (SSSR count). The monoisotopic (exact) mass is 254 g/mol. The molecule has 3 heteroatoms. The molecule has 0 fully saturated rings. The van der Waals surface area contributed by atoms with Gasteiger partial charge >= 0.3 is 0 Å². The lowest BCUT2D eigenvalue weighted by atomic mass is 9.94. The number of rotatable bonds is 5. The molecule has 0 saturated carbocycles. The van der Waals surface area contributed by atoms with Gasteiger partial charge in [-0.05, 0) is 23.6 Å². The molecule has 0 saturated heterocycles. The first-order valence-electron chi connectivity index (χ1n) is 4.40. The third-order valence-electron chi connectivity index (χ3n) is 2.08. The molecule has 0 N–H and O–H groups in total. The summed E-state index contributed by atoms with van der Waals surface area (Å²) in [5.41, 5.74) is 1.03. The second-order valence-corrected chi connectivity index (χ2v) is 3.97. The highest BCUT2D eigenvalue weighted by molar-refractivity contribution is 9.10. The molecule has 14 heavy (non-hydrogen) atoms. The summed E-state index contributed by atoms with van der Waals surface area (Å²) in [6.07, 6.45) is 2.51. The topological polar surface area (TPSA) is 34.1 Å². The van der Waals surface area contributed by atoms with Crippen molar-refractivity contribution in [2.45, 2.75) is 18.8 Å². The maximum atomic E-state index is 10.4. The summed E-state index contributed by atoms with van der Waals surface area (Å²) < 4.78 is 0.969. The second kappa shape index (κ2) is 5.70. The molecule has 0 unspecified atom stereocenters. The molecule has 0 aliphatic carbocycles. The molecule has 74 valence electrons. The molecule has 0 atom stereocenters. The third-order valence-corrected chi connectivity index (χ3v) is 2.57. The first-order chi connectivity index (χ1) is 6.77. The van der Waals surface area contributed by atoms with E-state index in [0.29, 0.717) is 12.8 Å². The average molecular weight is 255 g/mol. The summed E-state index contributed by atoms with van der Waals surface area (Å²) in [6.45, 7) is 0. The van der Waals surface area contributed by atoms with Crippen molar-refractivity contribution in [1.29, 1.82) is 0 Å². The van der Waals surface area contributed by atoms with E-state index in [1.807, 2.05) is 24.3 Å². The average Bonchev–Trinajstić information content (AvgIpc) is 2.17. The highest BCUT2D eigenvalue weighted by atomic mass is 79.9. The van der Waals surface area contributed by atoms with Gasteiger partial charge in [0.05, 0.1) is 0 Å². The highest BCUT2D eigenvalue weighted by Crippen LogP contribution is 2.24. The van der Waals surface area contributed by atoms with Crippen molar-refractivity contribution in [1.82, 2.24) is 0 Å². The zero-order chi connectivity index (χ0) is 10.4.